The van der Waals surface area contributed by atoms with Crippen molar-refractivity contribution in [2.75, 3.05) is 45.2 Å². The predicted molar refractivity (Wildman–Crippen MR) is 105 cm³/mol. The van der Waals surface area contributed by atoms with Crippen molar-refractivity contribution in [2.24, 2.45) is 0 Å². The van der Waals surface area contributed by atoms with Gasteiger partial charge in [-0.1, -0.05) is 12.1 Å². The van der Waals surface area contributed by atoms with E-state index in [0.717, 1.165) is 44.9 Å². The summed E-state index contributed by atoms with van der Waals surface area (Å²) in [5.41, 5.74) is 1.32. The fourth-order valence-electron chi connectivity index (χ4n) is 3.11. The van der Waals surface area contributed by atoms with Crippen molar-refractivity contribution in [1.82, 2.24) is 14.8 Å². The van der Waals surface area contributed by atoms with Gasteiger partial charge in [0.25, 0.3) is 0 Å². The molecule has 26 heavy (non-hydrogen) atoms. The first kappa shape index (κ1) is 18.8. The van der Waals surface area contributed by atoms with Crippen LogP contribution in [-0.4, -0.2) is 66.6 Å². The van der Waals surface area contributed by atoms with E-state index in [2.05, 4.69) is 32.2 Å². The van der Waals surface area contributed by atoms with E-state index in [-0.39, 0.29) is 11.9 Å². The van der Waals surface area contributed by atoms with Crippen LogP contribution in [0.2, 0.25) is 0 Å². The number of carbonyl (C=O) groups excluding carboxylic acids is 1. The molecule has 3 rings (SSSR count). The highest BCUT2D eigenvalue weighted by atomic mass is 32.1. The first-order valence-electron chi connectivity index (χ1n) is 8.95. The highest BCUT2D eigenvalue weighted by molar-refractivity contribution is 7.13. The lowest BCUT2D eigenvalue weighted by atomic mass is 10.1. The lowest BCUT2D eigenvalue weighted by Crippen LogP contribution is -2.53. The van der Waals surface area contributed by atoms with Crippen LogP contribution in [0.4, 0.5) is 5.13 Å². The van der Waals surface area contributed by atoms with E-state index in [4.69, 9.17) is 4.74 Å². The van der Waals surface area contributed by atoms with E-state index in [9.17, 15) is 4.79 Å². The van der Waals surface area contributed by atoms with Crippen molar-refractivity contribution in [2.45, 2.75) is 19.4 Å². The summed E-state index contributed by atoms with van der Waals surface area (Å²) in [5.74, 6) is 0.916. The molecule has 1 fully saturated rings. The van der Waals surface area contributed by atoms with Crippen LogP contribution in [0, 0.1) is 0 Å². The van der Waals surface area contributed by atoms with Gasteiger partial charge < -0.3 is 15.0 Å². The molecular formula is C19H26N4O2S. The standard InChI is InChI=1S/C19H26N4O2S/c1-15(18(24)21-19-20-8-14-26-19)23-12-10-22(11-13-23)9-7-16-3-5-17(25-2)6-4-16/h3-6,8,14-15H,7,9-13H2,1-2H3,(H,20,21,24)/t15-/m0/s1. The van der Waals surface area contributed by atoms with Gasteiger partial charge in [-0.3, -0.25) is 9.69 Å². The Morgan fingerprint density at radius 3 is 2.62 bits per heavy atom. The minimum absolute atomic E-state index is 0.0200. The van der Waals surface area contributed by atoms with E-state index < -0.39 is 0 Å². The second kappa shape index (κ2) is 9.12. The van der Waals surface area contributed by atoms with Gasteiger partial charge in [0.05, 0.1) is 13.2 Å². The van der Waals surface area contributed by atoms with Gasteiger partial charge in [-0.05, 0) is 31.0 Å². The zero-order valence-electron chi connectivity index (χ0n) is 15.4. The fraction of sp³-hybridized carbons (Fsp3) is 0.474. The number of piperazine rings is 1. The number of ether oxygens (including phenoxy) is 1. The number of nitrogens with one attached hydrogen (secondary N) is 1. The Labute approximate surface area is 158 Å². The summed E-state index contributed by atoms with van der Waals surface area (Å²) >= 11 is 1.44. The van der Waals surface area contributed by atoms with Gasteiger partial charge in [0.15, 0.2) is 5.13 Å². The predicted octanol–water partition coefficient (Wildman–Crippen LogP) is 2.34. The molecule has 0 bridgehead atoms. The third-order valence-electron chi connectivity index (χ3n) is 4.87. The van der Waals surface area contributed by atoms with Crippen molar-refractivity contribution in [1.29, 1.82) is 0 Å². The highest BCUT2D eigenvalue weighted by Gasteiger charge is 2.25. The smallest absolute Gasteiger partial charge is 0.243 e. The van der Waals surface area contributed by atoms with Gasteiger partial charge in [-0.25, -0.2) is 4.98 Å². The molecule has 1 N–H and O–H groups in total. The van der Waals surface area contributed by atoms with Gasteiger partial charge in [0, 0.05) is 44.3 Å². The third kappa shape index (κ3) is 5.03. The molecule has 0 unspecified atom stereocenters. The van der Waals surface area contributed by atoms with Crippen LogP contribution in [0.1, 0.15) is 12.5 Å². The molecule has 1 aromatic heterocycles. The average molecular weight is 375 g/mol. The molecule has 1 amide bonds. The Hall–Kier alpha value is -1.96. The lowest BCUT2D eigenvalue weighted by Gasteiger charge is -2.37. The number of hydrogen-bond acceptors (Lipinski definition) is 6. The lowest BCUT2D eigenvalue weighted by molar-refractivity contribution is -0.121. The third-order valence-corrected chi connectivity index (χ3v) is 5.56. The number of carbonyl (C=O) groups is 1. The highest BCUT2D eigenvalue weighted by Crippen LogP contribution is 2.15. The van der Waals surface area contributed by atoms with Crippen LogP contribution in [0.3, 0.4) is 0 Å². The monoisotopic (exact) mass is 374 g/mol. The van der Waals surface area contributed by atoms with Crippen LogP contribution < -0.4 is 10.1 Å². The maximum Gasteiger partial charge on any atom is 0.243 e. The van der Waals surface area contributed by atoms with Gasteiger partial charge >= 0.3 is 0 Å². The molecule has 0 spiro atoms. The van der Waals surface area contributed by atoms with Gasteiger partial charge in [-0.2, -0.15) is 0 Å². The molecule has 1 aliphatic rings. The van der Waals surface area contributed by atoms with Crippen molar-refractivity contribution in [3.63, 3.8) is 0 Å². The van der Waals surface area contributed by atoms with Crippen molar-refractivity contribution < 1.29 is 9.53 Å². The first-order chi connectivity index (χ1) is 12.7. The summed E-state index contributed by atoms with van der Waals surface area (Å²) in [6, 6.07) is 8.13. The minimum Gasteiger partial charge on any atom is -0.497 e. The maximum absolute atomic E-state index is 12.3. The number of anilines is 1. The molecule has 2 aromatic rings. The summed E-state index contributed by atoms with van der Waals surface area (Å²) in [6.45, 7) is 6.82. The quantitative estimate of drug-likeness (QED) is 0.806. The number of methoxy groups -OCH3 is 1. The molecule has 140 valence electrons. The van der Waals surface area contributed by atoms with Crippen LogP contribution in [0.15, 0.2) is 35.8 Å². The summed E-state index contributed by atoms with van der Waals surface area (Å²) in [5, 5.41) is 5.42. The average Bonchev–Trinajstić information content (AvgIpc) is 3.19. The van der Waals surface area contributed by atoms with E-state index in [1.165, 1.54) is 16.9 Å². The molecule has 7 heteroatoms. The van der Waals surface area contributed by atoms with Crippen molar-refractivity contribution in [3.05, 3.63) is 41.4 Å². The maximum atomic E-state index is 12.3. The number of benzene rings is 1. The van der Waals surface area contributed by atoms with Crippen LogP contribution in [-0.2, 0) is 11.2 Å². The molecule has 0 aliphatic carbocycles. The SMILES string of the molecule is COc1ccc(CCN2CCN([C@@H](C)C(=O)Nc3nccs3)CC2)cc1. The Morgan fingerprint density at radius 1 is 1.27 bits per heavy atom. The second-order valence-corrected chi connectivity index (χ2v) is 7.37. The molecule has 1 aromatic carbocycles. The van der Waals surface area contributed by atoms with E-state index >= 15 is 0 Å². The second-order valence-electron chi connectivity index (χ2n) is 6.48. The number of nitrogens with zero attached hydrogens (tertiary/aromatic N) is 3. The fourth-order valence-corrected chi connectivity index (χ4v) is 3.65. The zero-order valence-corrected chi connectivity index (χ0v) is 16.2. The summed E-state index contributed by atoms with van der Waals surface area (Å²) in [6.07, 6.45) is 2.73. The summed E-state index contributed by atoms with van der Waals surface area (Å²) < 4.78 is 5.20. The van der Waals surface area contributed by atoms with E-state index in [1.54, 1.807) is 13.3 Å². The number of rotatable bonds is 7. The topological polar surface area (TPSA) is 57.7 Å². The normalized spacial score (nSPS) is 17.0. The Balaban J connectivity index is 1.41. The molecule has 6 nitrogen and oxygen atoms in total. The van der Waals surface area contributed by atoms with Crippen LogP contribution >= 0.6 is 11.3 Å². The molecule has 0 radical (unpaired) electrons. The Bertz CT molecular complexity index is 682. The Morgan fingerprint density at radius 2 is 2.00 bits per heavy atom. The zero-order chi connectivity index (χ0) is 18.4. The largest absolute Gasteiger partial charge is 0.497 e. The minimum atomic E-state index is -0.136. The summed E-state index contributed by atoms with van der Waals surface area (Å²) in [4.78, 5) is 21.2. The molecule has 0 saturated carbocycles. The number of thiazole rings is 1. The summed E-state index contributed by atoms with van der Waals surface area (Å²) in [7, 11) is 1.69. The Kier molecular flexibility index (Phi) is 6.60. The van der Waals surface area contributed by atoms with Crippen LogP contribution in [0.25, 0.3) is 0 Å². The van der Waals surface area contributed by atoms with Gasteiger partial charge in [-0.15, -0.1) is 11.3 Å². The first-order valence-corrected chi connectivity index (χ1v) is 9.83. The number of aromatic nitrogens is 1. The van der Waals surface area contributed by atoms with Crippen LogP contribution in [0.5, 0.6) is 5.75 Å². The van der Waals surface area contributed by atoms with Gasteiger partial charge in [0.1, 0.15) is 5.75 Å². The van der Waals surface area contributed by atoms with Gasteiger partial charge in [0.2, 0.25) is 5.91 Å². The molecule has 1 aliphatic heterocycles. The van der Waals surface area contributed by atoms with Crippen molar-refractivity contribution >= 4 is 22.4 Å². The van der Waals surface area contributed by atoms with E-state index in [1.807, 2.05) is 24.4 Å². The molecule has 2 heterocycles. The molecular weight excluding hydrogens is 348 g/mol. The number of amides is 1. The van der Waals surface area contributed by atoms with E-state index in [0.29, 0.717) is 5.13 Å². The molecule has 1 saturated heterocycles. The number of hydrogen-bond donors (Lipinski definition) is 1. The molecule has 1 atom stereocenters. The van der Waals surface area contributed by atoms with Crippen molar-refractivity contribution in [3.8, 4) is 5.75 Å².